The van der Waals surface area contributed by atoms with Crippen molar-refractivity contribution in [1.29, 1.82) is 0 Å². The number of rotatable bonds is 6. The Bertz CT molecular complexity index is 540. The molecule has 0 atom stereocenters. The minimum absolute atomic E-state index is 0. The smallest absolute Gasteiger partial charge is 0.198 e. The van der Waals surface area contributed by atoms with E-state index >= 15 is 0 Å². The molecule has 140 valence electrons. The first-order valence-corrected chi connectivity index (χ1v) is 9.67. The zero-order valence-corrected chi connectivity index (χ0v) is 17.9. The molecule has 0 bridgehead atoms. The molecule has 1 aromatic carbocycles. The second kappa shape index (κ2) is 11.0. The second-order valence-electron chi connectivity index (χ2n) is 6.97. The highest BCUT2D eigenvalue weighted by Crippen LogP contribution is 2.27. The summed E-state index contributed by atoms with van der Waals surface area (Å²) in [5, 5.41) is 3.55. The van der Waals surface area contributed by atoms with Crippen LogP contribution >= 0.6 is 24.0 Å². The number of guanidine groups is 1. The lowest BCUT2D eigenvalue weighted by Crippen LogP contribution is -2.41. The van der Waals surface area contributed by atoms with Gasteiger partial charge < -0.3 is 15.1 Å². The van der Waals surface area contributed by atoms with Crippen LogP contribution in [0.5, 0.6) is 0 Å². The molecule has 1 N–H and O–H groups in total. The molecule has 1 aromatic rings. The average Bonchev–Trinajstić information content (AvgIpc) is 3.06. The number of halogens is 1. The van der Waals surface area contributed by atoms with E-state index in [0.717, 1.165) is 25.5 Å². The van der Waals surface area contributed by atoms with Crippen LogP contribution in [0, 0.1) is 0 Å². The molecule has 4 nitrogen and oxygen atoms in total. The number of likely N-dealkylation sites (tertiary alicyclic amines) is 1. The first-order chi connectivity index (χ1) is 11.9. The Labute approximate surface area is 170 Å². The molecule has 0 aliphatic carbocycles. The van der Waals surface area contributed by atoms with E-state index in [4.69, 9.17) is 0 Å². The molecule has 0 aromatic heterocycles. The predicted molar refractivity (Wildman–Crippen MR) is 118 cm³/mol. The van der Waals surface area contributed by atoms with Gasteiger partial charge in [0, 0.05) is 25.8 Å². The first kappa shape index (κ1) is 20.5. The van der Waals surface area contributed by atoms with Gasteiger partial charge in [0.1, 0.15) is 0 Å². The maximum atomic E-state index is 4.48. The monoisotopic (exact) mass is 456 g/mol. The Morgan fingerprint density at radius 1 is 1.04 bits per heavy atom. The minimum Gasteiger partial charge on any atom is -0.356 e. The molecule has 0 spiro atoms. The van der Waals surface area contributed by atoms with Gasteiger partial charge in [0.15, 0.2) is 5.96 Å². The predicted octanol–water partition coefficient (Wildman–Crippen LogP) is 3.90. The molecule has 1 saturated heterocycles. The molecule has 1 fully saturated rings. The van der Waals surface area contributed by atoms with E-state index in [-0.39, 0.29) is 24.0 Å². The molecule has 2 heterocycles. The highest BCUT2D eigenvalue weighted by atomic mass is 127. The molecule has 2 aliphatic heterocycles. The lowest BCUT2D eigenvalue weighted by molar-refractivity contribution is 0.224. The van der Waals surface area contributed by atoms with E-state index < -0.39 is 0 Å². The molecule has 2 aliphatic rings. The molecule has 5 heteroatoms. The second-order valence-corrected chi connectivity index (χ2v) is 6.97. The summed E-state index contributed by atoms with van der Waals surface area (Å²) in [5.41, 5.74) is 2.75. The number of hydrogen-bond acceptors (Lipinski definition) is 2. The normalized spacial score (nSPS) is 18.0. The number of benzene rings is 1. The van der Waals surface area contributed by atoms with Crippen molar-refractivity contribution < 1.29 is 0 Å². The van der Waals surface area contributed by atoms with Gasteiger partial charge in [0.05, 0.1) is 0 Å². The van der Waals surface area contributed by atoms with Gasteiger partial charge >= 0.3 is 0 Å². The Morgan fingerprint density at radius 2 is 1.84 bits per heavy atom. The quantitative estimate of drug-likeness (QED) is 0.305. The third-order valence-electron chi connectivity index (χ3n) is 5.24. The van der Waals surface area contributed by atoms with Gasteiger partial charge in [-0.05, 0) is 63.4 Å². The van der Waals surface area contributed by atoms with Crippen LogP contribution in [0.1, 0.15) is 44.1 Å². The van der Waals surface area contributed by atoms with Crippen LogP contribution in [0.4, 0.5) is 5.69 Å². The highest BCUT2D eigenvalue weighted by Gasteiger charge is 2.21. The molecular formula is C20H33IN4. The van der Waals surface area contributed by atoms with E-state index in [0.29, 0.717) is 0 Å². The van der Waals surface area contributed by atoms with Crippen LogP contribution in [0.2, 0.25) is 0 Å². The Kier molecular flexibility index (Phi) is 9.03. The van der Waals surface area contributed by atoms with Gasteiger partial charge in [0.25, 0.3) is 0 Å². The van der Waals surface area contributed by atoms with Crippen LogP contribution in [0.25, 0.3) is 0 Å². The fourth-order valence-electron chi connectivity index (χ4n) is 3.87. The van der Waals surface area contributed by atoms with Crippen molar-refractivity contribution in [3.8, 4) is 0 Å². The minimum atomic E-state index is 0. The van der Waals surface area contributed by atoms with Crippen molar-refractivity contribution in [2.24, 2.45) is 4.99 Å². The number of piperidine rings is 1. The van der Waals surface area contributed by atoms with Crippen LogP contribution < -0.4 is 10.2 Å². The zero-order chi connectivity index (χ0) is 16.6. The Hall–Kier alpha value is -0.820. The standard InChI is InChI=1S/C20H32N4.HI/c1-21-20(24-17-12-18-10-4-5-11-19(18)24)22-13-6-2-7-14-23-15-8-3-9-16-23;/h4-5,10-11H,2-3,6-9,12-17H2,1H3,(H,21,22);1H. The molecule has 3 rings (SSSR count). The van der Waals surface area contributed by atoms with Gasteiger partial charge in [0.2, 0.25) is 0 Å². The summed E-state index contributed by atoms with van der Waals surface area (Å²) in [6.45, 7) is 5.98. The summed E-state index contributed by atoms with van der Waals surface area (Å²) >= 11 is 0. The lowest BCUT2D eigenvalue weighted by atomic mass is 10.1. The summed E-state index contributed by atoms with van der Waals surface area (Å²) in [6.07, 6.45) is 9.20. The summed E-state index contributed by atoms with van der Waals surface area (Å²) in [7, 11) is 1.89. The van der Waals surface area contributed by atoms with Crippen molar-refractivity contribution in [3.63, 3.8) is 0 Å². The molecule has 0 saturated carbocycles. The number of nitrogens with zero attached hydrogens (tertiary/aromatic N) is 3. The largest absolute Gasteiger partial charge is 0.356 e. The van der Waals surface area contributed by atoms with E-state index in [2.05, 4.69) is 44.4 Å². The van der Waals surface area contributed by atoms with Crippen LogP contribution in [-0.2, 0) is 6.42 Å². The highest BCUT2D eigenvalue weighted by molar-refractivity contribution is 14.0. The number of anilines is 1. The zero-order valence-electron chi connectivity index (χ0n) is 15.5. The van der Waals surface area contributed by atoms with Crippen molar-refractivity contribution in [2.75, 3.05) is 44.7 Å². The van der Waals surface area contributed by atoms with Crippen LogP contribution in [0.15, 0.2) is 29.3 Å². The van der Waals surface area contributed by atoms with E-state index in [1.54, 1.807) is 0 Å². The molecule has 0 radical (unpaired) electrons. The number of aliphatic imine (C=N–C) groups is 1. The summed E-state index contributed by atoms with van der Waals surface area (Å²) in [5.74, 6) is 1.02. The van der Waals surface area contributed by atoms with Crippen molar-refractivity contribution in [3.05, 3.63) is 29.8 Å². The molecule has 0 unspecified atom stereocenters. The van der Waals surface area contributed by atoms with Gasteiger partial charge in [-0.2, -0.15) is 0 Å². The van der Waals surface area contributed by atoms with Gasteiger partial charge in [-0.25, -0.2) is 0 Å². The van der Waals surface area contributed by atoms with Crippen LogP contribution in [0.3, 0.4) is 0 Å². The molecular weight excluding hydrogens is 423 g/mol. The maximum absolute atomic E-state index is 4.48. The fraction of sp³-hybridized carbons (Fsp3) is 0.650. The van der Waals surface area contributed by atoms with Crippen LogP contribution in [-0.4, -0.2) is 50.6 Å². The van der Waals surface area contributed by atoms with E-state index in [1.807, 2.05) is 7.05 Å². The number of fused-ring (bicyclic) bond motifs is 1. The maximum Gasteiger partial charge on any atom is 0.198 e. The summed E-state index contributed by atoms with van der Waals surface area (Å²) < 4.78 is 0. The first-order valence-electron chi connectivity index (χ1n) is 9.67. The number of para-hydroxylation sites is 1. The summed E-state index contributed by atoms with van der Waals surface area (Å²) in [6, 6.07) is 8.67. The molecule has 0 amide bonds. The van der Waals surface area contributed by atoms with Crippen molar-refractivity contribution in [1.82, 2.24) is 10.2 Å². The Morgan fingerprint density at radius 3 is 2.64 bits per heavy atom. The van der Waals surface area contributed by atoms with E-state index in [1.165, 1.54) is 69.4 Å². The topological polar surface area (TPSA) is 30.9 Å². The van der Waals surface area contributed by atoms with Gasteiger partial charge in [-0.3, -0.25) is 4.99 Å². The SMILES string of the molecule is CN=C(NCCCCCN1CCCCC1)N1CCc2ccccc21.I. The molecule has 25 heavy (non-hydrogen) atoms. The number of hydrogen-bond donors (Lipinski definition) is 1. The van der Waals surface area contributed by atoms with Gasteiger partial charge in [-0.15, -0.1) is 24.0 Å². The Balaban J connectivity index is 0.00000225. The van der Waals surface area contributed by atoms with Crippen molar-refractivity contribution in [2.45, 2.75) is 44.9 Å². The third-order valence-corrected chi connectivity index (χ3v) is 5.24. The average molecular weight is 456 g/mol. The third kappa shape index (κ3) is 5.84. The summed E-state index contributed by atoms with van der Waals surface area (Å²) in [4.78, 5) is 9.44. The fourth-order valence-corrected chi connectivity index (χ4v) is 3.87. The van der Waals surface area contributed by atoms with Crippen molar-refractivity contribution >= 4 is 35.6 Å². The lowest BCUT2D eigenvalue weighted by Gasteiger charge is -2.26. The van der Waals surface area contributed by atoms with Gasteiger partial charge in [-0.1, -0.05) is 31.0 Å². The number of nitrogens with one attached hydrogen (secondary N) is 1. The van der Waals surface area contributed by atoms with E-state index in [9.17, 15) is 0 Å². The number of unbranched alkanes of at least 4 members (excludes halogenated alkanes) is 2.